The second kappa shape index (κ2) is 9.45. The molecule has 0 saturated heterocycles. The summed E-state index contributed by atoms with van der Waals surface area (Å²) in [5.74, 6) is -0.00190. The van der Waals surface area contributed by atoms with Gasteiger partial charge in [0.15, 0.2) is 5.78 Å². The molecule has 3 aromatic heterocycles. The number of nitrogens with zero attached hydrogens (tertiary/aromatic N) is 2. The number of nitriles is 1. The third-order valence-electron chi connectivity index (χ3n) is 15.6. The van der Waals surface area contributed by atoms with Crippen molar-refractivity contribution in [1.29, 1.82) is 5.26 Å². The molecule has 0 radical (unpaired) electrons. The molecule has 6 aliphatic rings. The van der Waals surface area contributed by atoms with Crippen LogP contribution in [0.15, 0.2) is 150 Å². The maximum Gasteiger partial charge on any atom is 0.171 e. The number of fused-ring (bicyclic) bond motifs is 16. The van der Waals surface area contributed by atoms with Crippen molar-refractivity contribution in [3.05, 3.63) is 218 Å². The minimum absolute atomic E-state index is 0.0383. The van der Waals surface area contributed by atoms with Gasteiger partial charge in [0, 0.05) is 61.0 Å². The normalized spacial score (nSPS) is 22.3. The molecule has 4 nitrogen and oxygen atoms in total. The fraction of sp³-hybridized carbons (Fsp3) is 0.0909. The highest BCUT2D eigenvalue weighted by molar-refractivity contribution is 6.36. The summed E-state index contributed by atoms with van der Waals surface area (Å²) >= 11 is 0. The zero-order valence-corrected chi connectivity index (χ0v) is 31.4. The lowest BCUT2D eigenvalue weighted by molar-refractivity contribution is 0.0847. The summed E-state index contributed by atoms with van der Waals surface area (Å²) < 4.78 is 9.21. The number of rotatable bonds is 0. The van der Waals surface area contributed by atoms with Gasteiger partial charge in [-0.2, -0.15) is 5.26 Å². The van der Waals surface area contributed by atoms with Gasteiger partial charge in [0.1, 0.15) is 11.2 Å². The number of carbonyl (C=O) groups is 1. The zero-order valence-electron chi connectivity index (χ0n) is 31.4. The van der Waals surface area contributed by atoms with Crippen molar-refractivity contribution >= 4 is 65.8 Å². The minimum Gasteiger partial charge on any atom is -0.456 e. The Labute approximate surface area is 336 Å². The Morgan fingerprint density at radius 2 is 1.14 bits per heavy atom. The van der Waals surface area contributed by atoms with E-state index >= 15 is 4.79 Å². The van der Waals surface area contributed by atoms with Crippen LogP contribution in [0.25, 0.3) is 60.0 Å². The summed E-state index contributed by atoms with van der Waals surface area (Å²) in [7, 11) is 0. The molecular weight excluding hydrogens is 721 g/mol. The molecule has 17 rings (SSSR count). The van der Waals surface area contributed by atoms with Crippen LogP contribution in [0.3, 0.4) is 0 Å². The number of carbonyl (C=O) groups excluding carboxylic acids is 1. The first-order chi connectivity index (χ1) is 29.2. The number of hydrogen-bond acceptors (Lipinski definition) is 3. The first kappa shape index (κ1) is 29.7. The third-order valence-corrected chi connectivity index (χ3v) is 15.6. The lowest BCUT2D eigenvalue weighted by Crippen LogP contribution is -2.61. The summed E-state index contributed by atoms with van der Waals surface area (Å²) in [4.78, 5) is 15.2. The Morgan fingerprint density at radius 3 is 1.83 bits per heavy atom. The molecule has 0 fully saturated rings. The number of furan rings is 1. The van der Waals surface area contributed by atoms with Gasteiger partial charge < -0.3 is 8.82 Å². The van der Waals surface area contributed by atoms with Gasteiger partial charge in [-0.1, -0.05) is 115 Å². The molecule has 59 heavy (non-hydrogen) atoms. The summed E-state index contributed by atoms with van der Waals surface area (Å²) in [6.45, 7) is 0. The average molecular weight is 749 g/mol. The van der Waals surface area contributed by atoms with Crippen LogP contribution >= 0.6 is 0 Å². The van der Waals surface area contributed by atoms with Crippen molar-refractivity contribution in [3.63, 3.8) is 0 Å². The SMILES string of the molecule is N#Cc1cc2c(c3c1C1c4ccccc4C3c3ccccc31)c1c3c(cc4c5cc6c(cc5n2c41)C(=O)C1c2ccccc2C12c1ccccc1C62)oc1ccccc13. The van der Waals surface area contributed by atoms with Crippen LogP contribution in [0, 0.1) is 11.3 Å². The Hall–Kier alpha value is -7.48. The standard InChI is InChI=1S/C55H28N2O2/c56-25-26-21-41-48(49-44(26)45-27-11-1-3-13-29(27)46(49)30-14-4-2-12-28(30)45)50-47-33-17-7-10-20-42(33)59-43(47)24-36-34-22-35-37(23-40(34)57(41)53(36)50)54(58)52-32-16-6-9-19-39(32)55(52)38-18-8-5-15-31(38)51(35)55/h1-24,45-46,51-52H. The number of ketones is 1. The molecule has 3 atom stereocenters. The van der Waals surface area contributed by atoms with E-state index in [1.54, 1.807) is 0 Å². The van der Waals surface area contributed by atoms with Crippen LogP contribution in [0.2, 0.25) is 0 Å². The van der Waals surface area contributed by atoms with Gasteiger partial charge in [-0.25, -0.2) is 0 Å². The highest BCUT2D eigenvalue weighted by atomic mass is 16.3. The Bertz CT molecular complexity index is 3880. The first-order valence-electron chi connectivity index (χ1n) is 20.7. The van der Waals surface area contributed by atoms with Gasteiger partial charge in [-0.05, 0) is 91.5 Å². The second-order valence-electron chi connectivity index (χ2n) is 17.6. The molecule has 0 N–H and O–H groups in total. The molecule has 2 bridgehead atoms. The third kappa shape index (κ3) is 2.93. The van der Waals surface area contributed by atoms with Crippen molar-refractivity contribution in [2.75, 3.05) is 0 Å². The Balaban J connectivity index is 1.10. The molecule has 8 aromatic carbocycles. The maximum absolute atomic E-state index is 15.2. The molecule has 0 amide bonds. The predicted octanol–water partition coefficient (Wildman–Crippen LogP) is 12.3. The molecule has 0 aliphatic heterocycles. The Kier molecular flexibility index (Phi) is 4.76. The summed E-state index contributed by atoms with van der Waals surface area (Å²) in [6.07, 6.45) is 0. The van der Waals surface area contributed by atoms with Crippen LogP contribution in [0.1, 0.15) is 101 Å². The molecule has 11 aromatic rings. The lowest BCUT2D eigenvalue weighted by atomic mass is 9.36. The van der Waals surface area contributed by atoms with E-state index < -0.39 is 0 Å². The summed E-state index contributed by atoms with van der Waals surface area (Å²) in [5.41, 5.74) is 19.8. The molecule has 0 saturated carbocycles. The summed E-state index contributed by atoms with van der Waals surface area (Å²) in [5, 5.41) is 17.9. The largest absolute Gasteiger partial charge is 0.456 e. The smallest absolute Gasteiger partial charge is 0.171 e. The van der Waals surface area contributed by atoms with Crippen LogP contribution in [-0.2, 0) is 5.41 Å². The topological polar surface area (TPSA) is 58.4 Å². The highest BCUT2D eigenvalue weighted by Crippen LogP contribution is 2.74. The molecule has 3 heterocycles. The molecule has 270 valence electrons. The van der Waals surface area contributed by atoms with Gasteiger partial charge >= 0.3 is 0 Å². The van der Waals surface area contributed by atoms with Crippen LogP contribution in [0.5, 0.6) is 0 Å². The molecule has 4 heteroatoms. The average Bonchev–Trinajstić information content (AvgIpc) is 3.92. The number of aromatic nitrogens is 1. The lowest BCUT2D eigenvalue weighted by Gasteiger charge is -2.64. The van der Waals surface area contributed by atoms with Crippen LogP contribution in [0.4, 0.5) is 0 Å². The van der Waals surface area contributed by atoms with Crippen molar-refractivity contribution in [1.82, 2.24) is 4.40 Å². The van der Waals surface area contributed by atoms with Crippen molar-refractivity contribution in [2.24, 2.45) is 0 Å². The van der Waals surface area contributed by atoms with Crippen LogP contribution in [-0.4, -0.2) is 10.2 Å². The minimum atomic E-state index is -0.337. The van der Waals surface area contributed by atoms with Gasteiger partial charge in [0.2, 0.25) is 0 Å². The van der Waals surface area contributed by atoms with E-state index in [2.05, 4.69) is 150 Å². The second-order valence-corrected chi connectivity index (χ2v) is 17.6. The zero-order chi connectivity index (χ0) is 38.2. The van der Waals surface area contributed by atoms with Gasteiger partial charge in [-0.3, -0.25) is 4.79 Å². The Morgan fingerprint density at radius 1 is 0.525 bits per heavy atom. The van der Waals surface area contributed by atoms with E-state index in [1.807, 2.05) is 6.07 Å². The van der Waals surface area contributed by atoms with Crippen molar-refractivity contribution < 1.29 is 9.21 Å². The first-order valence-corrected chi connectivity index (χ1v) is 20.7. The molecule has 3 unspecified atom stereocenters. The van der Waals surface area contributed by atoms with E-state index in [0.29, 0.717) is 5.56 Å². The van der Waals surface area contributed by atoms with Crippen molar-refractivity contribution in [2.45, 2.75) is 29.1 Å². The number of hydrogen-bond donors (Lipinski definition) is 0. The van der Waals surface area contributed by atoms with E-state index in [-0.39, 0.29) is 34.9 Å². The van der Waals surface area contributed by atoms with E-state index in [0.717, 1.165) is 71.5 Å². The van der Waals surface area contributed by atoms with E-state index in [4.69, 9.17) is 4.42 Å². The predicted molar refractivity (Wildman–Crippen MR) is 230 cm³/mol. The van der Waals surface area contributed by atoms with Gasteiger partial charge in [0.05, 0.1) is 34.1 Å². The van der Waals surface area contributed by atoms with E-state index in [1.165, 1.54) is 55.3 Å². The quantitative estimate of drug-likeness (QED) is 0.155. The molecule has 1 spiro atoms. The fourth-order valence-electron chi connectivity index (χ4n) is 13.7. The fourth-order valence-corrected chi connectivity index (χ4v) is 13.7. The monoisotopic (exact) mass is 748 g/mol. The van der Waals surface area contributed by atoms with Gasteiger partial charge in [0.25, 0.3) is 0 Å². The maximum atomic E-state index is 15.2. The van der Waals surface area contributed by atoms with Gasteiger partial charge in [-0.15, -0.1) is 0 Å². The molecular formula is C55H28N2O2. The van der Waals surface area contributed by atoms with E-state index in [9.17, 15) is 5.26 Å². The summed E-state index contributed by atoms with van der Waals surface area (Å²) in [6, 6.07) is 55.1. The highest BCUT2D eigenvalue weighted by Gasteiger charge is 2.69. The van der Waals surface area contributed by atoms with Crippen LogP contribution < -0.4 is 0 Å². The molecule has 6 aliphatic carbocycles. The number of benzene rings is 8. The number of para-hydroxylation sites is 1. The van der Waals surface area contributed by atoms with Crippen molar-refractivity contribution in [3.8, 4) is 6.07 Å². The number of Topliss-reactive ketones (excluding diaryl/α,β-unsaturated/α-hetero) is 1.